The molecule has 0 saturated heterocycles. The predicted molar refractivity (Wildman–Crippen MR) is 109 cm³/mol. The molecule has 0 aromatic heterocycles. The number of aliphatic hydroxyl groups is 1. The van der Waals surface area contributed by atoms with E-state index in [0.29, 0.717) is 6.42 Å². The van der Waals surface area contributed by atoms with E-state index < -0.39 is 0 Å². The summed E-state index contributed by atoms with van der Waals surface area (Å²) < 4.78 is 4.97. The lowest BCUT2D eigenvalue weighted by atomic mass is 9.72. The van der Waals surface area contributed by atoms with Crippen LogP contribution in [0.5, 0.6) is 0 Å². The summed E-state index contributed by atoms with van der Waals surface area (Å²) in [5.41, 5.74) is 5.21. The lowest BCUT2D eigenvalue weighted by molar-refractivity contribution is -0.138. The number of hydrogen-bond donors (Lipinski definition) is 1. The third-order valence-corrected chi connectivity index (χ3v) is 4.67. The standard InChI is InChI=1S/C23H34O3/c1-18(12-13-21-20(3)11-7-14-23(21,4)5)9-6-10-19(2)17-22(25)26-16-8-15-24/h6,9-10,12-13,17,24H,7-8,11,14-16H2,1-5H3/b10-6+,13-12+,18-9+,19-17+. The number of aliphatic hydroxyl groups excluding tert-OH is 1. The summed E-state index contributed by atoms with van der Waals surface area (Å²) in [6.07, 6.45) is 15.9. The minimum absolute atomic E-state index is 0.0288. The maximum absolute atomic E-state index is 11.5. The molecule has 0 aromatic rings. The van der Waals surface area contributed by atoms with E-state index in [1.54, 1.807) is 0 Å². The number of carbonyl (C=O) groups is 1. The summed E-state index contributed by atoms with van der Waals surface area (Å²) in [7, 11) is 0. The first-order chi connectivity index (χ1) is 12.3. The van der Waals surface area contributed by atoms with Crippen molar-refractivity contribution in [2.24, 2.45) is 5.41 Å². The van der Waals surface area contributed by atoms with E-state index in [9.17, 15) is 4.79 Å². The van der Waals surface area contributed by atoms with Crippen molar-refractivity contribution in [2.75, 3.05) is 13.2 Å². The second-order valence-electron chi connectivity index (χ2n) is 7.67. The zero-order chi connectivity index (χ0) is 19.6. The second kappa shape index (κ2) is 11.0. The van der Waals surface area contributed by atoms with Crippen LogP contribution in [0, 0.1) is 5.41 Å². The highest BCUT2D eigenvalue weighted by Crippen LogP contribution is 2.40. The van der Waals surface area contributed by atoms with Gasteiger partial charge in [0.2, 0.25) is 0 Å². The van der Waals surface area contributed by atoms with Crippen LogP contribution in [-0.4, -0.2) is 24.3 Å². The van der Waals surface area contributed by atoms with Gasteiger partial charge in [-0.1, -0.05) is 55.4 Å². The quantitative estimate of drug-likeness (QED) is 0.272. The van der Waals surface area contributed by atoms with E-state index in [1.807, 2.05) is 25.2 Å². The second-order valence-corrected chi connectivity index (χ2v) is 7.67. The SMILES string of the molecule is CC1=C(/C=C/C(C)=C/C=C/C(C)=C/C(=O)OCCCO)C(C)(C)CCC1. The molecule has 1 aliphatic rings. The Morgan fingerprint density at radius 3 is 2.62 bits per heavy atom. The van der Waals surface area contributed by atoms with Crippen molar-refractivity contribution >= 4 is 5.97 Å². The Labute approximate surface area is 158 Å². The van der Waals surface area contributed by atoms with Gasteiger partial charge in [0, 0.05) is 19.1 Å². The highest BCUT2D eigenvalue weighted by Gasteiger charge is 2.26. The molecule has 1 rings (SSSR count). The average Bonchev–Trinajstić information content (AvgIpc) is 2.54. The van der Waals surface area contributed by atoms with Gasteiger partial charge in [-0.2, -0.15) is 0 Å². The number of esters is 1. The van der Waals surface area contributed by atoms with E-state index in [-0.39, 0.29) is 24.6 Å². The van der Waals surface area contributed by atoms with Crippen LogP contribution < -0.4 is 0 Å². The minimum atomic E-state index is -0.372. The maximum atomic E-state index is 11.5. The molecule has 0 heterocycles. The van der Waals surface area contributed by atoms with E-state index in [0.717, 1.165) is 5.57 Å². The molecule has 0 bridgehead atoms. The van der Waals surface area contributed by atoms with Gasteiger partial charge in [0.15, 0.2) is 0 Å². The van der Waals surface area contributed by atoms with Crippen LogP contribution >= 0.6 is 0 Å². The fourth-order valence-electron chi connectivity index (χ4n) is 3.15. The Balaban J connectivity index is 2.64. The zero-order valence-corrected chi connectivity index (χ0v) is 17.0. The predicted octanol–water partition coefficient (Wildman–Crippen LogP) is 5.44. The topological polar surface area (TPSA) is 46.5 Å². The number of rotatable bonds is 8. The molecule has 3 nitrogen and oxygen atoms in total. The molecule has 0 atom stereocenters. The summed E-state index contributed by atoms with van der Waals surface area (Å²) >= 11 is 0. The van der Waals surface area contributed by atoms with Crippen LogP contribution in [0.25, 0.3) is 0 Å². The van der Waals surface area contributed by atoms with E-state index in [4.69, 9.17) is 9.84 Å². The first kappa shape index (κ1) is 22.2. The van der Waals surface area contributed by atoms with Crippen LogP contribution in [0.2, 0.25) is 0 Å². The molecule has 0 aromatic carbocycles. The Bertz CT molecular complexity index is 628. The summed E-state index contributed by atoms with van der Waals surface area (Å²) in [5, 5.41) is 8.67. The van der Waals surface area contributed by atoms with Gasteiger partial charge in [0.25, 0.3) is 0 Å². The smallest absolute Gasteiger partial charge is 0.331 e. The van der Waals surface area contributed by atoms with Crippen molar-refractivity contribution in [3.63, 3.8) is 0 Å². The molecular formula is C23H34O3. The number of allylic oxidation sites excluding steroid dienone is 9. The zero-order valence-electron chi connectivity index (χ0n) is 17.0. The largest absolute Gasteiger partial charge is 0.462 e. The monoisotopic (exact) mass is 358 g/mol. The normalized spacial score (nSPS) is 18.8. The van der Waals surface area contributed by atoms with Crippen molar-refractivity contribution in [3.8, 4) is 0 Å². The third kappa shape index (κ3) is 8.01. The molecule has 144 valence electrons. The van der Waals surface area contributed by atoms with Gasteiger partial charge in [0.05, 0.1) is 6.61 Å². The highest BCUT2D eigenvalue weighted by molar-refractivity contribution is 5.83. The highest BCUT2D eigenvalue weighted by atomic mass is 16.5. The van der Waals surface area contributed by atoms with E-state index in [1.165, 1.54) is 42.1 Å². The van der Waals surface area contributed by atoms with Gasteiger partial charge in [-0.15, -0.1) is 0 Å². The molecule has 26 heavy (non-hydrogen) atoms. The van der Waals surface area contributed by atoms with Gasteiger partial charge in [-0.05, 0) is 56.6 Å². The molecule has 0 saturated carbocycles. The molecule has 1 aliphatic carbocycles. The Morgan fingerprint density at radius 1 is 1.23 bits per heavy atom. The molecule has 0 radical (unpaired) electrons. The number of hydrogen-bond acceptors (Lipinski definition) is 3. The summed E-state index contributed by atoms with van der Waals surface area (Å²) in [6.45, 7) is 11.1. The van der Waals surface area contributed by atoms with Crippen molar-refractivity contribution in [1.29, 1.82) is 0 Å². The Hall–Kier alpha value is -1.87. The summed E-state index contributed by atoms with van der Waals surface area (Å²) in [5.74, 6) is -0.372. The van der Waals surface area contributed by atoms with Gasteiger partial charge in [-0.25, -0.2) is 4.79 Å². The molecule has 0 aliphatic heterocycles. The molecule has 0 fully saturated rings. The lowest BCUT2D eigenvalue weighted by Gasteiger charge is -2.32. The van der Waals surface area contributed by atoms with E-state index >= 15 is 0 Å². The van der Waals surface area contributed by atoms with Crippen molar-refractivity contribution < 1.29 is 14.6 Å². The Kier molecular flexibility index (Phi) is 9.36. The third-order valence-electron chi connectivity index (χ3n) is 4.67. The Morgan fingerprint density at radius 2 is 1.96 bits per heavy atom. The van der Waals surface area contributed by atoms with Gasteiger partial charge in [-0.3, -0.25) is 0 Å². The summed E-state index contributed by atoms with van der Waals surface area (Å²) in [4.78, 5) is 11.5. The van der Waals surface area contributed by atoms with Gasteiger partial charge >= 0.3 is 5.97 Å². The fraction of sp³-hybridized carbons (Fsp3) is 0.522. The molecule has 0 unspecified atom stereocenters. The average molecular weight is 359 g/mol. The molecule has 3 heteroatoms. The van der Waals surface area contributed by atoms with Crippen LogP contribution in [-0.2, 0) is 9.53 Å². The van der Waals surface area contributed by atoms with Crippen molar-refractivity contribution in [2.45, 2.75) is 60.3 Å². The number of ether oxygens (including phenoxy) is 1. The first-order valence-electron chi connectivity index (χ1n) is 9.45. The van der Waals surface area contributed by atoms with Gasteiger partial charge < -0.3 is 9.84 Å². The molecule has 0 spiro atoms. The number of carbonyl (C=O) groups excluding carboxylic acids is 1. The molecule has 1 N–H and O–H groups in total. The van der Waals surface area contributed by atoms with Crippen LogP contribution in [0.3, 0.4) is 0 Å². The van der Waals surface area contributed by atoms with Crippen molar-refractivity contribution in [1.82, 2.24) is 0 Å². The van der Waals surface area contributed by atoms with Gasteiger partial charge in [0.1, 0.15) is 0 Å². The lowest BCUT2D eigenvalue weighted by Crippen LogP contribution is -2.19. The molecular weight excluding hydrogens is 324 g/mol. The first-order valence-corrected chi connectivity index (χ1v) is 9.45. The maximum Gasteiger partial charge on any atom is 0.331 e. The minimum Gasteiger partial charge on any atom is -0.462 e. The van der Waals surface area contributed by atoms with Crippen LogP contribution in [0.4, 0.5) is 0 Å². The molecule has 0 amide bonds. The van der Waals surface area contributed by atoms with Crippen LogP contribution in [0.1, 0.15) is 60.3 Å². The summed E-state index contributed by atoms with van der Waals surface area (Å²) in [6, 6.07) is 0. The van der Waals surface area contributed by atoms with Crippen molar-refractivity contribution in [3.05, 3.63) is 58.7 Å². The van der Waals surface area contributed by atoms with E-state index in [2.05, 4.69) is 39.8 Å². The van der Waals surface area contributed by atoms with Crippen LogP contribution in [0.15, 0.2) is 58.7 Å². The fourth-order valence-corrected chi connectivity index (χ4v) is 3.15.